The van der Waals surface area contributed by atoms with E-state index in [1.165, 1.54) is 0 Å². The lowest BCUT2D eigenvalue weighted by Gasteiger charge is -2.07. The fourth-order valence-electron chi connectivity index (χ4n) is 3.86. The van der Waals surface area contributed by atoms with Crippen LogP contribution >= 0.6 is 0 Å². The maximum absolute atomic E-state index is 12.4. The standard InChI is InChI=1S/C23H23N2O4/c1-3-28-21(26)14-24-19-12-8-6-10-17(19)23-20(24)13-16-9-5-7-11-18(16)25(23)15-22(27)29-4-2/h5-13H,3-4,14-15H2,1-2H3/q+1. The van der Waals surface area contributed by atoms with E-state index in [1.807, 2.05) is 57.7 Å². The van der Waals surface area contributed by atoms with Gasteiger partial charge in [0.05, 0.1) is 24.1 Å². The SMILES string of the molecule is CCOC(=O)Cn1c2ccccc2c2c1cc1ccccc1[n+]2CC(=O)OCC. The average Bonchev–Trinajstić information content (AvgIpc) is 3.02. The molecule has 0 N–H and O–H groups in total. The summed E-state index contributed by atoms with van der Waals surface area (Å²) in [6.45, 7) is 4.46. The average molecular weight is 391 g/mol. The molecule has 148 valence electrons. The number of aromatic nitrogens is 2. The summed E-state index contributed by atoms with van der Waals surface area (Å²) in [6, 6.07) is 17.9. The minimum atomic E-state index is -0.294. The second kappa shape index (κ2) is 7.91. The minimum Gasteiger partial charge on any atom is -0.465 e. The van der Waals surface area contributed by atoms with E-state index in [0.29, 0.717) is 13.2 Å². The summed E-state index contributed by atoms with van der Waals surface area (Å²) in [5, 5.41) is 1.96. The van der Waals surface area contributed by atoms with E-state index in [1.54, 1.807) is 13.8 Å². The highest BCUT2D eigenvalue weighted by atomic mass is 16.5. The number of rotatable bonds is 6. The van der Waals surface area contributed by atoms with Crippen LogP contribution in [0, 0.1) is 0 Å². The normalized spacial score (nSPS) is 11.2. The molecule has 2 aromatic carbocycles. The molecule has 0 aliphatic rings. The molecule has 0 amide bonds. The Balaban J connectivity index is 2.05. The number of esters is 2. The number of hydrogen-bond acceptors (Lipinski definition) is 4. The second-order valence-corrected chi connectivity index (χ2v) is 6.74. The van der Waals surface area contributed by atoms with Gasteiger partial charge in [-0.15, -0.1) is 0 Å². The summed E-state index contributed by atoms with van der Waals surface area (Å²) in [4.78, 5) is 24.7. The molecule has 0 saturated heterocycles. The van der Waals surface area contributed by atoms with Gasteiger partial charge in [0.25, 0.3) is 0 Å². The Hall–Kier alpha value is -3.41. The highest BCUT2D eigenvalue weighted by Gasteiger charge is 2.26. The van der Waals surface area contributed by atoms with Crippen molar-refractivity contribution in [2.45, 2.75) is 26.9 Å². The molecule has 2 heterocycles. The van der Waals surface area contributed by atoms with E-state index in [-0.39, 0.29) is 25.0 Å². The lowest BCUT2D eigenvalue weighted by molar-refractivity contribution is -0.633. The number of fused-ring (bicyclic) bond motifs is 4. The maximum Gasteiger partial charge on any atom is 0.372 e. The zero-order valence-electron chi connectivity index (χ0n) is 16.6. The number of para-hydroxylation sites is 2. The fourth-order valence-corrected chi connectivity index (χ4v) is 3.86. The van der Waals surface area contributed by atoms with Gasteiger partial charge in [-0.05, 0) is 38.1 Å². The molecular formula is C23H23N2O4+. The summed E-state index contributed by atoms with van der Waals surface area (Å²) in [7, 11) is 0. The van der Waals surface area contributed by atoms with Gasteiger partial charge >= 0.3 is 11.9 Å². The largest absolute Gasteiger partial charge is 0.465 e. The molecule has 6 nitrogen and oxygen atoms in total. The predicted molar refractivity (Wildman–Crippen MR) is 110 cm³/mol. The number of hydrogen-bond donors (Lipinski definition) is 0. The molecule has 0 aliphatic carbocycles. The fraction of sp³-hybridized carbons (Fsp3) is 0.261. The van der Waals surface area contributed by atoms with Crippen molar-refractivity contribution in [3.63, 3.8) is 0 Å². The first-order chi connectivity index (χ1) is 14.1. The number of nitrogens with zero attached hydrogens (tertiary/aromatic N) is 2. The van der Waals surface area contributed by atoms with Gasteiger partial charge < -0.3 is 14.0 Å². The van der Waals surface area contributed by atoms with Crippen molar-refractivity contribution >= 4 is 44.8 Å². The quantitative estimate of drug-likeness (QED) is 0.374. The molecule has 29 heavy (non-hydrogen) atoms. The molecule has 4 aromatic rings. The molecule has 4 rings (SSSR count). The van der Waals surface area contributed by atoms with Gasteiger partial charge in [0.15, 0.2) is 0 Å². The Kier molecular flexibility index (Phi) is 5.16. The van der Waals surface area contributed by atoms with Gasteiger partial charge in [-0.2, -0.15) is 4.57 Å². The highest BCUT2D eigenvalue weighted by Crippen LogP contribution is 2.29. The summed E-state index contributed by atoms with van der Waals surface area (Å²) in [5.41, 5.74) is 3.63. The van der Waals surface area contributed by atoms with Crippen molar-refractivity contribution < 1.29 is 23.6 Å². The number of pyridine rings is 1. The molecule has 0 radical (unpaired) electrons. The first-order valence-electron chi connectivity index (χ1n) is 9.77. The predicted octanol–water partition coefficient (Wildman–Crippen LogP) is 3.36. The van der Waals surface area contributed by atoms with E-state index in [9.17, 15) is 9.59 Å². The molecule has 0 saturated carbocycles. The third-order valence-electron chi connectivity index (χ3n) is 4.96. The Morgan fingerprint density at radius 2 is 1.59 bits per heavy atom. The van der Waals surface area contributed by atoms with Crippen LogP contribution < -0.4 is 4.57 Å². The van der Waals surface area contributed by atoms with Crippen molar-refractivity contribution in [2.24, 2.45) is 0 Å². The van der Waals surface area contributed by atoms with Crippen LogP contribution in [0.5, 0.6) is 0 Å². The highest BCUT2D eigenvalue weighted by molar-refractivity contribution is 6.07. The number of ether oxygens (including phenoxy) is 2. The van der Waals surface area contributed by atoms with Crippen LogP contribution in [0.15, 0.2) is 54.6 Å². The lowest BCUT2D eigenvalue weighted by Crippen LogP contribution is -2.40. The van der Waals surface area contributed by atoms with Gasteiger partial charge in [-0.25, -0.2) is 4.79 Å². The zero-order chi connectivity index (χ0) is 20.4. The van der Waals surface area contributed by atoms with Crippen LogP contribution in [0.4, 0.5) is 0 Å². The summed E-state index contributed by atoms with van der Waals surface area (Å²) < 4.78 is 14.3. The summed E-state index contributed by atoms with van der Waals surface area (Å²) in [5.74, 6) is -0.586. The minimum absolute atomic E-state index is 0.0963. The first kappa shape index (κ1) is 18.9. The molecule has 6 heteroatoms. The number of carbonyl (C=O) groups is 2. The molecule has 0 unspecified atom stereocenters. The van der Waals surface area contributed by atoms with Crippen LogP contribution in [0.25, 0.3) is 32.8 Å². The Bertz CT molecular complexity index is 1230. The molecule has 0 atom stereocenters. The molecule has 0 bridgehead atoms. The van der Waals surface area contributed by atoms with Crippen molar-refractivity contribution in [3.8, 4) is 0 Å². The monoisotopic (exact) mass is 391 g/mol. The van der Waals surface area contributed by atoms with Crippen LogP contribution in [-0.2, 0) is 32.2 Å². The van der Waals surface area contributed by atoms with E-state index in [4.69, 9.17) is 9.47 Å². The van der Waals surface area contributed by atoms with Crippen LogP contribution in [0.2, 0.25) is 0 Å². The zero-order valence-corrected chi connectivity index (χ0v) is 16.6. The van der Waals surface area contributed by atoms with E-state index >= 15 is 0 Å². The van der Waals surface area contributed by atoms with E-state index in [0.717, 1.165) is 32.8 Å². The molecule has 0 fully saturated rings. The van der Waals surface area contributed by atoms with Crippen molar-refractivity contribution in [1.29, 1.82) is 0 Å². The van der Waals surface area contributed by atoms with Crippen LogP contribution in [0.1, 0.15) is 13.8 Å². The van der Waals surface area contributed by atoms with Crippen molar-refractivity contribution in [1.82, 2.24) is 4.57 Å². The van der Waals surface area contributed by atoms with Gasteiger partial charge in [-0.3, -0.25) is 4.79 Å². The topological polar surface area (TPSA) is 61.4 Å². The van der Waals surface area contributed by atoms with Crippen molar-refractivity contribution in [3.05, 3.63) is 54.6 Å². The van der Waals surface area contributed by atoms with Crippen LogP contribution in [-0.4, -0.2) is 29.7 Å². The second-order valence-electron chi connectivity index (χ2n) is 6.74. The molecule has 0 spiro atoms. The third kappa shape index (κ3) is 3.42. The smallest absolute Gasteiger partial charge is 0.372 e. The van der Waals surface area contributed by atoms with Gasteiger partial charge in [-0.1, -0.05) is 24.3 Å². The molecule has 0 aliphatic heterocycles. The van der Waals surface area contributed by atoms with Crippen LogP contribution in [0.3, 0.4) is 0 Å². The van der Waals surface area contributed by atoms with Gasteiger partial charge in [0.2, 0.25) is 17.6 Å². The number of carbonyl (C=O) groups excluding carboxylic acids is 2. The number of benzene rings is 2. The summed E-state index contributed by atoms with van der Waals surface area (Å²) >= 11 is 0. The Labute approximate surface area is 168 Å². The van der Waals surface area contributed by atoms with Gasteiger partial charge in [0, 0.05) is 11.5 Å². The Morgan fingerprint density at radius 1 is 0.897 bits per heavy atom. The summed E-state index contributed by atoms with van der Waals surface area (Å²) in [6.07, 6.45) is 0. The van der Waals surface area contributed by atoms with Gasteiger partial charge in [0.1, 0.15) is 12.1 Å². The van der Waals surface area contributed by atoms with E-state index < -0.39 is 0 Å². The maximum atomic E-state index is 12.4. The molecular weight excluding hydrogens is 368 g/mol. The first-order valence-corrected chi connectivity index (χ1v) is 9.77. The van der Waals surface area contributed by atoms with Crippen molar-refractivity contribution in [2.75, 3.05) is 13.2 Å². The third-order valence-corrected chi connectivity index (χ3v) is 4.96. The van der Waals surface area contributed by atoms with E-state index in [2.05, 4.69) is 6.07 Å². The molecule has 2 aromatic heterocycles. The lowest BCUT2D eigenvalue weighted by atomic mass is 10.1. The Morgan fingerprint density at radius 3 is 2.38 bits per heavy atom.